The summed E-state index contributed by atoms with van der Waals surface area (Å²) in [6.45, 7) is 0. The Kier molecular flexibility index (Phi) is 1.60. The third-order valence-corrected chi connectivity index (χ3v) is 1.24. The summed E-state index contributed by atoms with van der Waals surface area (Å²) in [7, 11) is 1.51. The lowest BCUT2D eigenvalue weighted by Gasteiger charge is -1.97. The van der Waals surface area contributed by atoms with Gasteiger partial charge in [0.05, 0.1) is 0 Å². The fourth-order valence-electron chi connectivity index (χ4n) is 0.643. The number of hydrogen-bond donors (Lipinski definition) is 1. The van der Waals surface area contributed by atoms with Gasteiger partial charge in [-0.2, -0.15) is 10.2 Å². The molecule has 0 fully saturated rings. The number of nitrogens with two attached hydrogens (primary N) is 1. The predicted molar refractivity (Wildman–Crippen MR) is 38.6 cm³/mol. The third kappa shape index (κ3) is 1.19. The van der Waals surface area contributed by atoms with Crippen LogP contribution < -0.4 is 11.4 Å². The highest BCUT2D eigenvalue weighted by Crippen LogP contribution is 2.00. The molecule has 0 bridgehead atoms. The Balaban J connectivity index is 3.47. The minimum Gasteiger partial charge on any atom is -0.382 e. The largest absolute Gasteiger partial charge is 0.382 e. The number of aryl methyl sites for hydroxylation is 1. The van der Waals surface area contributed by atoms with Crippen molar-refractivity contribution in [1.82, 2.24) is 9.55 Å². The van der Waals surface area contributed by atoms with Crippen LogP contribution >= 0.6 is 0 Å². The van der Waals surface area contributed by atoms with E-state index in [9.17, 15) is 4.79 Å². The summed E-state index contributed by atoms with van der Waals surface area (Å²) in [6.07, 6.45) is 1.35. The van der Waals surface area contributed by atoms with Crippen LogP contribution in [0.1, 0.15) is 5.56 Å². The maximum absolute atomic E-state index is 10.8. The van der Waals surface area contributed by atoms with E-state index in [1.165, 1.54) is 17.8 Å². The first-order valence-electron chi connectivity index (χ1n) is 2.88. The molecule has 0 saturated heterocycles. The Morgan fingerprint density at radius 1 is 1.82 bits per heavy atom. The van der Waals surface area contributed by atoms with E-state index >= 15 is 0 Å². The highest BCUT2D eigenvalue weighted by molar-refractivity contribution is 5.45. The highest BCUT2D eigenvalue weighted by atomic mass is 16.1. The molecule has 2 N–H and O–H groups in total. The molecule has 0 aliphatic rings. The Labute approximate surface area is 62.7 Å². The monoisotopic (exact) mass is 150 g/mol. The van der Waals surface area contributed by atoms with Gasteiger partial charge in [0, 0.05) is 13.2 Å². The molecule has 1 aromatic rings. The molecule has 1 rings (SSSR count). The van der Waals surface area contributed by atoms with Crippen molar-refractivity contribution in [1.29, 1.82) is 5.26 Å². The van der Waals surface area contributed by atoms with E-state index in [0.29, 0.717) is 0 Å². The van der Waals surface area contributed by atoms with Crippen LogP contribution in [0.4, 0.5) is 5.82 Å². The molecular weight excluding hydrogens is 144 g/mol. The first-order chi connectivity index (χ1) is 5.15. The number of nitrogens with zero attached hydrogens (tertiary/aromatic N) is 3. The van der Waals surface area contributed by atoms with Gasteiger partial charge in [0.25, 0.3) is 0 Å². The SMILES string of the molecule is Cn1cc(C#N)c(N)nc1=O. The summed E-state index contributed by atoms with van der Waals surface area (Å²) in [5, 5.41) is 8.45. The molecule has 1 heterocycles. The highest BCUT2D eigenvalue weighted by Gasteiger charge is 2.00. The molecule has 0 aliphatic carbocycles. The van der Waals surface area contributed by atoms with Gasteiger partial charge in [0.2, 0.25) is 0 Å². The number of aromatic nitrogens is 2. The van der Waals surface area contributed by atoms with Crippen LogP contribution in [0.5, 0.6) is 0 Å². The smallest absolute Gasteiger partial charge is 0.349 e. The fourth-order valence-corrected chi connectivity index (χ4v) is 0.643. The molecule has 0 radical (unpaired) electrons. The molecule has 0 saturated carbocycles. The zero-order chi connectivity index (χ0) is 8.43. The molecule has 0 aliphatic heterocycles. The zero-order valence-corrected chi connectivity index (χ0v) is 5.90. The number of hydrogen-bond acceptors (Lipinski definition) is 4. The van der Waals surface area contributed by atoms with Crippen molar-refractivity contribution in [3.63, 3.8) is 0 Å². The Bertz CT molecular complexity index is 373. The van der Waals surface area contributed by atoms with Gasteiger partial charge in [-0.1, -0.05) is 0 Å². The van der Waals surface area contributed by atoms with Gasteiger partial charge < -0.3 is 10.3 Å². The lowest BCUT2D eigenvalue weighted by molar-refractivity contribution is 0.810. The van der Waals surface area contributed by atoms with E-state index in [1.54, 1.807) is 0 Å². The molecule has 5 heteroatoms. The maximum atomic E-state index is 10.8. The standard InChI is InChI=1S/C6H6N4O/c1-10-3-4(2-7)5(8)9-6(10)11/h3H,1H3,(H2,8,9,11). The quantitative estimate of drug-likeness (QED) is 0.526. The molecule has 11 heavy (non-hydrogen) atoms. The van der Waals surface area contributed by atoms with Crippen LogP contribution in [0, 0.1) is 11.3 Å². The minimum absolute atomic E-state index is 0.0180. The summed E-state index contributed by atoms with van der Waals surface area (Å²) >= 11 is 0. The summed E-state index contributed by atoms with van der Waals surface area (Å²) < 4.78 is 1.20. The maximum Gasteiger partial charge on any atom is 0.349 e. The van der Waals surface area contributed by atoms with Crippen molar-refractivity contribution in [3.05, 3.63) is 22.2 Å². The number of anilines is 1. The average molecular weight is 150 g/mol. The molecule has 0 spiro atoms. The van der Waals surface area contributed by atoms with Crippen molar-refractivity contribution in [2.75, 3.05) is 5.73 Å². The number of rotatable bonds is 0. The lowest BCUT2D eigenvalue weighted by atomic mass is 10.3. The summed E-state index contributed by atoms with van der Waals surface area (Å²) in [5.74, 6) is -0.0180. The van der Waals surface area contributed by atoms with Crippen LogP contribution in [0.2, 0.25) is 0 Å². The van der Waals surface area contributed by atoms with E-state index in [0.717, 1.165) is 0 Å². The summed E-state index contributed by atoms with van der Waals surface area (Å²) in [6, 6.07) is 1.82. The summed E-state index contributed by atoms with van der Waals surface area (Å²) in [5.41, 5.74) is 5.01. The minimum atomic E-state index is -0.457. The van der Waals surface area contributed by atoms with Crippen molar-refractivity contribution >= 4 is 5.82 Å². The predicted octanol–water partition coefficient (Wildman–Crippen LogP) is -0.766. The van der Waals surface area contributed by atoms with Gasteiger partial charge in [-0.15, -0.1) is 0 Å². The lowest BCUT2D eigenvalue weighted by Crippen LogP contribution is -2.21. The molecule has 0 aromatic carbocycles. The Morgan fingerprint density at radius 3 is 3.00 bits per heavy atom. The van der Waals surface area contributed by atoms with E-state index in [4.69, 9.17) is 11.0 Å². The first kappa shape index (κ1) is 7.28. The van der Waals surface area contributed by atoms with Crippen LogP contribution in [0.3, 0.4) is 0 Å². The van der Waals surface area contributed by atoms with E-state index in [1.807, 2.05) is 6.07 Å². The second-order valence-corrected chi connectivity index (χ2v) is 2.05. The Morgan fingerprint density at radius 2 is 2.45 bits per heavy atom. The van der Waals surface area contributed by atoms with Gasteiger partial charge in [-0.05, 0) is 0 Å². The third-order valence-electron chi connectivity index (χ3n) is 1.24. The normalized spacial score (nSPS) is 9.09. The molecule has 5 nitrogen and oxygen atoms in total. The molecule has 0 amide bonds. The molecule has 0 unspecified atom stereocenters. The van der Waals surface area contributed by atoms with E-state index in [-0.39, 0.29) is 11.4 Å². The van der Waals surface area contributed by atoms with Crippen molar-refractivity contribution < 1.29 is 0 Å². The van der Waals surface area contributed by atoms with Gasteiger partial charge in [-0.25, -0.2) is 4.79 Å². The van der Waals surface area contributed by atoms with Crippen molar-refractivity contribution in [2.45, 2.75) is 0 Å². The van der Waals surface area contributed by atoms with Gasteiger partial charge >= 0.3 is 5.69 Å². The second kappa shape index (κ2) is 2.42. The van der Waals surface area contributed by atoms with Gasteiger partial charge in [-0.3, -0.25) is 0 Å². The van der Waals surface area contributed by atoms with Crippen molar-refractivity contribution in [2.24, 2.45) is 7.05 Å². The first-order valence-corrected chi connectivity index (χ1v) is 2.88. The van der Waals surface area contributed by atoms with Crippen LogP contribution in [-0.4, -0.2) is 9.55 Å². The topological polar surface area (TPSA) is 84.7 Å². The van der Waals surface area contributed by atoms with Crippen LogP contribution in [-0.2, 0) is 7.05 Å². The Hall–Kier alpha value is -1.83. The fraction of sp³-hybridized carbons (Fsp3) is 0.167. The van der Waals surface area contributed by atoms with Gasteiger partial charge in [0.15, 0.2) is 0 Å². The van der Waals surface area contributed by atoms with Crippen LogP contribution in [0.25, 0.3) is 0 Å². The number of nitriles is 1. The van der Waals surface area contributed by atoms with Crippen molar-refractivity contribution in [3.8, 4) is 6.07 Å². The average Bonchev–Trinajstić information content (AvgIpc) is 1.97. The molecular formula is C6H6N4O. The zero-order valence-electron chi connectivity index (χ0n) is 5.90. The van der Waals surface area contributed by atoms with E-state index < -0.39 is 5.69 Å². The number of nitrogen functional groups attached to an aromatic ring is 1. The van der Waals surface area contributed by atoms with Crippen LogP contribution in [0.15, 0.2) is 11.0 Å². The molecule has 1 aromatic heterocycles. The molecule has 56 valence electrons. The van der Waals surface area contributed by atoms with Gasteiger partial charge in [0.1, 0.15) is 17.5 Å². The van der Waals surface area contributed by atoms with E-state index in [2.05, 4.69) is 4.98 Å². The second-order valence-electron chi connectivity index (χ2n) is 2.05. The molecule has 0 atom stereocenters. The summed E-state index contributed by atoms with van der Waals surface area (Å²) in [4.78, 5) is 14.2.